The number of nitrogens with zero attached hydrogens (tertiary/aromatic N) is 2. The lowest BCUT2D eigenvalue weighted by Crippen LogP contribution is -2.41. The van der Waals surface area contributed by atoms with E-state index in [4.69, 9.17) is 4.74 Å². The minimum atomic E-state index is -0.889. The molecule has 0 radical (unpaired) electrons. The van der Waals surface area contributed by atoms with Crippen LogP contribution in [0.1, 0.15) is 60.6 Å². The molecule has 30 heavy (non-hydrogen) atoms. The first-order chi connectivity index (χ1) is 14.1. The number of hydrogen-bond acceptors (Lipinski definition) is 5. The lowest BCUT2D eigenvalue weighted by atomic mass is 9.98. The van der Waals surface area contributed by atoms with Gasteiger partial charge in [0.2, 0.25) is 0 Å². The molecule has 1 amide bonds. The van der Waals surface area contributed by atoms with Crippen LogP contribution < -0.4 is 0 Å². The van der Waals surface area contributed by atoms with Crippen molar-refractivity contribution in [2.24, 2.45) is 0 Å². The van der Waals surface area contributed by atoms with Gasteiger partial charge in [-0.05, 0) is 57.9 Å². The Balaban J connectivity index is 1.59. The molecule has 0 N–H and O–H groups in total. The maximum absolute atomic E-state index is 13.7. The van der Waals surface area contributed by atoms with Crippen molar-refractivity contribution in [3.05, 3.63) is 57.6 Å². The molecule has 1 aliphatic heterocycles. The maximum atomic E-state index is 13.7. The van der Waals surface area contributed by atoms with Crippen LogP contribution in [0.15, 0.2) is 29.7 Å². The fourth-order valence-corrected chi connectivity index (χ4v) is 4.14. The van der Waals surface area contributed by atoms with Gasteiger partial charge in [-0.3, -0.25) is 4.79 Å². The predicted molar refractivity (Wildman–Crippen MR) is 112 cm³/mol. The van der Waals surface area contributed by atoms with Crippen LogP contribution in [-0.2, 0) is 4.74 Å². The summed E-state index contributed by atoms with van der Waals surface area (Å²) in [4.78, 5) is 30.5. The first kappa shape index (κ1) is 22.1. The van der Waals surface area contributed by atoms with Gasteiger partial charge in [0.15, 0.2) is 5.78 Å². The van der Waals surface area contributed by atoms with Crippen LogP contribution in [0.3, 0.4) is 0 Å². The molecule has 2 aromatic rings. The Morgan fingerprint density at radius 1 is 1.20 bits per heavy atom. The fraction of sp³-hybridized carbons (Fsp3) is 0.409. The quantitative estimate of drug-likeness (QED) is 0.475. The van der Waals surface area contributed by atoms with E-state index in [1.54, 1.807) is 10.3 Å². The third kappa shape index (κ3) is 5.50. The van der Waals surface area contributed by atoms with E-state index < -0.39 is 28.6 Å². The summed E-state index contributed by atoms with van der Waals surface area (Å²) in [6.07, 6.45) is 3.84. The van der Waals surface area contributed by atoms with Crippen molar-refractivity contribution in [2.75, 3.05) is 13.1 Å². The Hall–Kier alpha value is -2.61. The van der Waals surface area contributed by atoms with Crippen molar-refractivity contribution in [3.63, 3.8) is 0 Å². The zero-order chi connectivity index (χ0) is 21.9. The molecular formula is C22H24F2N2O3S. The first-order valence-corrected chi connectivity index (χ1v) is 10.6. The molecule has 1 saturated heterocycles. The van der Waals surface area contributed by atoms with E-state index in [-0.39, 0.29) is 12.0 Å². The standard InChI is InChI=1S/C22H24F2N2O3S/c1-22(2,3)29-21(28)26-11-9-14(10-12-26)20-25-15(13-30-20)7-8-18(27)19-16(23)5-4-6-17(19)24/h4-8,13-14H,9-12H2,1-3H3. The Morgan fingerprint density at radius 3 is 2.43 bits per heavy atom. The van der Waals surface area contributed by atoms with Gasteiger partial charge in [-0.15, -0.1) is 11.3 Å². The number of carbonyl (C=O) groups excluding carboxylic acids is 2. The van der Waals surface area contributed by atoms with Crippen molar-refractivity contribution in [1.29, 1.82) is 0 Å². The molecule has 1 fully saturated rings. The molecule has 5 nitrogen and oxygen atoms in total. The van der Waals surface area contributed by atoms with Gasteiger partial charge >= 0.3 is 6.09 Å². The molecule has 0 spiro atoms. The van der Waals surface area contributed by atoms with E-state index >= 15 is 0 Å². The Morgan fingerprint density at radius 2 is 1.83 bits per heavy atom. The van der Waals surface area contributed by atoms with Crippen molar-refractivity contribution >= 4 is 29.3 Å². The molecule has 0 unspecified atom stereocenters. The molecular weight excluding hydrogens is 410 g/mol. The van der Waals surface area contributed by atoms with Crippen LogP contribution >= 0.6 is 11.3 Å². The number of benzene rings is 1. The Bertz CT molecular complexity index is 937. The molecule has 0 aliphatic carbocycles. The normalized spacial score (nSPS) is 15.6. The molecule has 0 bridgehead atoms. The van der Waals surface area contributed by atoms with Crippen LogP contribution in [0, 0.1) is 11.6 Å². The number of amides is 1. The summed E-state index contributed by atoms with van der Waals surface area (Å²) in [5, 5.41) is 2.72. The maximum Gasteiger partial charge on any atom is 0.410 e. The lowest BCUT2D eigenvalue weighted by Gasteiger charge is -2.32. The highest BCUT2D eigenvalue weighted by Crippen LogP contribution is 2.31. The van der Waals surface area contributed by atoms with E-state index in [9.17, 15) is 18.4 Å². The molecule has 1 aromatic carbocycles. The number of piperidine rings is 1. The van der Waals surface area contributed by atoms with E-state index in [1.165, 1.54) is 23.5 Å². The molecule has 1 aliphatic rings. The number of ketones is 1. The van der Waals surface area contributed by atoms with Gasteiger partial charge in [0.1, 0.15) is 17.2 Å². The Kier molecular flexibility index (Phi) is 6.65. The number of rotatable bonds is 4. The molecule has 8 heteroatoms. The summed E-state index contributed by atoms with van der Waals surface area (Å²) in [7, 11) is 0. The summed E-state index contributed by atoms with van der Waals surface area (Å²) in [6.45, 7) is 6.71. The van der Waals surface area contributed by atoms with Crippen molar-refractivity contribution < 1.29 is 23.1 Å². The second-order valence-corrected chi connectivity index (χ2v) is 9.04. The molecule has 160 valence electrons. The van der Waals surface area contributed by atoms with Gasteiger partial charge < -0.3 is 9.64 Å². The SMILES string of the molecule is CC(C)(C)OC(=O)N1CCC(c2nc(C=CC(=O)c3c(F)cccc3F)cs2)CC1. The van der Waals surface area contributed by atoms with E-state index in [0.29, 0.717) is 18.8 Å². The average molecular weight is 435 g/mol. The molecule has 3 rings (SSSR count). The summed E-state index contributed by atoms with van der Waals surface area (Å²) >= 11 is 1.47. The number of ether oxygens (including phenoxy) is 1. The van der Waals surface area contributed by atoms with Gasteiger partial charge in [-0.25, -0.2) is 18.6 Å². The molecule has 2 heterocycles. The van der Waals surface area contributed by atoms with Crippen molar-refractivity contribution in [3.8, 4) is 0 Å². The van der Waals surface area contributed by atoms with Crippen LogP contribution in [-0.4, -0.2) is 40.5 Å². The number of allylic oxidation sites excluding steroid dienone is 1. The average Bonchev–Trinajstić information content (AvgIpc) is 3.14. The minimum absolute atomic E-state index is 0.218. The van der Waals surface area contributed by atoms with Gasteiger partial charge in [0.25, 0.3) is 0 Å². The monoisotopic (exact) mass is 434 g/mol. The highest BCUT2D eigenvalue weighted by Gasteiger charge is 2.28. The van der Waals surface area contributed by atoms with Crippen molar-refractivity contribution in [2.45, 2.75) is 45.1 Å². The largest absolute Gasteiger partial charge is 0.444 e. The van der Waals surface area contributed by atoms with Crippen LogP contribution in [0.5, 0.6) is 0 Å². The molecule has 0 saturated carbocycles. The molecule has 1 aromatic heterocycles. The summed E-state index contributed by atoms with van der Waals surface area (Å²) < 4.78 is 32.8. The predicted octanol–water partition coefficient (Wildman–Crippen LogP) is 5.43. The number of carbonyl (C=O) groups is 2. The van der Waals surface area contributed by atoms with Gasteiger partial charge in [0, 0.05) is 24.4 Å². The number of hydrogen-bond donors (Lipinski definition) is 0. The van der Waals surface area contributed by atoms with Crippen molar-refractivity contribution in [1.82, 2.24) is 9.88 Å². The van der Waals surface area contributed by atoms with E-state index in [0.717, 1.165) is 36.1 Å². The van der Waals surface area contributed by atoms with Crippen LogP contribution in [0.2, 0.25) is 0 Å². The second kappa shape index (κ2) is 9.04. The number of likely N-dealkylation sites (tertiary alicyclic amines) is 1. The smallest absolute Gasteiger partial charge is 0.410 e. The first-order valence-electron chi connectivity index (χ1n) is 9.74. The number of halogens is 2. The number of aromatic nitrogens is 1. The minimum Gasteiger partial charge on any atom is -0.444 e. The lowest BCUT2D eigenvalue weighted by molar-refractivity contribution is 0.0204. The Labute approximate surface area is 178 Å². The van der Waals surface area contributed by atoms with E-state index in [2.05, 4.69) is 4.98 Å². The zero-order valence-corrected chi connectivity index (χ0v) is 18.0. The third-order valence-electron chi connectivity index (χ3n) is 4.65. The van der Waals surface area contributed by atoms with Gasteiger partial charge in [-0.1, -0.05) is 6.07 Å². The zero-order valence-electron chi connectivity index (χ0n) is 17.2. The van der Waals surface area contributed by atoms with Gasteiger partial charge in [0.05, 0.1) is 16.3 Å². The topological polar surface area (TPSA) is 59.5 Å². The fourth-order valence-electron chi connectivity index (χ4n) is 3.18. The van der Waals surface area contributed by atoms with E-state index in [1.807, 2.05) is 20.8 Å². The molecule has 0 atom stereocenters. The highest BCUT2D eigenvalue weighted by molar-refractivity contribution is 7.09. The summed E-state index contributed by atoms with van der Waals surface area (Å²) in [5.74, 6) is -2.30. The van der Waals surface area contributed by atoms with Gasteiger partial charge in [-0.2, -0.15) is 0 Å². The van der Waals surface area contributed by atoms with Crippen LogP contribution in [0.25, 0.3) is 6.08 Å². The third-order valence-corrected chi connectivity index (χ3v) is 5.68. The number of thiazole rings is 1. The highest BCUT2D eigenvalue weighted by atomic mass is 32.1. The summed E-state index contributed by atoms with van der Waals surface area (Å²) in [5.41, 5.74) is -0.526. The summed E-state index contributed by atoms with van der Waals surface area (Å²) in [6, 6.07) is 3.31. The second-order valence-electron chi connectivity index (χ2n) is 8.15. The van der Waals surface area contributed by atoms with Crippen LogP contribution in [0.4, 0.5) is 13.6 Å².